The fourth-order valence-corrected chi connectivity index (χ4v) is 3.79. The van der Waals surface area contributed by atoms with Gasteiger partial charge in [-0.25, -0.2) is 4.79 Å². The van der Waals surface area contributed by atoms with Crippen molar-refractivity contribution in [2.24, 2.45) is 0 Å². The van der Waals surface area contributed by atoms with Crippen LogP contribution in [0, 0.1) is 0 Å². The number of ether oxygens (including phenoxy) is 2. The Bertz CT molecular complexity index is 811. The Morgan fingerprint density at radius 2 is 1.93 bits per heavy atom. The number of carbonyl (C=O) groups is 3. The predicted molar refractivity (Wildman–Crippen MR) is 114 cm³/mol. The third kappa shape index (κ3) is 5.43. The van der Waals surface area contributed by atoms with E-state index in [1.165, 1.54) is 11.3 Å². The Kier molecular flexibility index (Phi) is 6.53. The fraction of sp³-hybridized carbons (Fsp3) is 0.591. The van der Waals surface area contributed by atoms with Gasteiger partial charge >= 0.3 is 6.09 Å². The first-order chi connectivity index (χ1) is 14.1. The van der Waals surface area contributed by atoms with E-state index in [4.69, 9.17) is 9.47 Å². The molecule has 3 rings (SSSR count). The van der Waals surface area contributed by atoms with Gasteiger partial charge in [0.15, 0.2) is 6.61 Å². The van der Waals surface area contributed by atoms with Gasteiger partial charge in [0.2, 0.25) is 5.91 Å². The molecule has 1 aliphatic carbocycles. The monoisotopic (exact) mass is 417 g/mol. The van der Waals surface area contributed by atoms with Crippen molar-refractivity contribution in [2.75, 3.05) is 30.4 Å². The smallest absolute Gasteiger partial charge is 0.412 e. The average molecular weight is 418 g/mol. The van der Waals surface area contributed by atoms with E-state index in [2.05, 4.69) is 5.32 Å². The molecule has 1 aromatic carbocycles. The van der Waals surface area contributed by atoms with Crippen LogP contribution in [0.3, 0.4) is 0 Å². The lowest BCUT2D eigenvalue weighted by Gasteiger charge is -2.34. The van der Waals surface area contributed by atoms with Crippen molar-refractivity contribution >= 4 is 29.3 Å². The molecular weight excluding hydrogens is 386 g/mol. The van der Waals surface area contributed by atoms with Gasteiger partial charge in [-0.3, -0.25) is 19.8 Å². The van der Waals surface area contributed by atoms with Gasteiger partial charge in [0.25, 0.3) is 5.91 Å². The maximum Gasteiger partial charge on any atom is 0.412 e. The Labute approximate surface area is 177 Å². The molecule has 0 aromatic heterocycles. The highest BCUT2D eigenvalue weighted by Gasteiger charge is 2.31. The van der Waals surface area contributed by atoms with Gasteiger partial charge in [-0.2, -0.15) is 0 Å². The summed E-state index contributed by atoms with van der Waals surface area (Å²) in [4.78, 5) is 40.7. The molecule has 30 heavy (non-hydrogen) atoms. The van der Waals surface area contributed by atoms with E-state index in [1.807, 2.05) is 7.05 Å². The standard InChI is InChI=1S/C22H31N3O5/c1-22(2,3)30-21(28)23-15-10-11-18-17(12-15)25(20(27)14-29-18)13-19(26)24(4)16-8-6-5-7-9-16/h10-12,16H,5-9,13-14H2,1-4H3,(H,23,28). The summed E-state index contributed by atoms with van der Waals surface area (Å²) < 4.78 is 10.8. The third-order valence-corrected chi connectivity index (χ3v) is 5.36. The highest BCUT2D eigenvalue weighted by Crippen LogP contribution is 2.35. The number of fused-ring (bicyclic) bond motifs is 1. The molecule has 1 N–H and O–H groups in total. The summed E-state index contributed by atoms with van der Waals surface area (Å²) in [6.45, 7) is 5.16. The van der Waals surface area contributed by atoms with Gasteiger partial charge in [0.05, 0.1) is 5.69 Å². The van der Waals surface area contributed by atoms with Crippen LogP contribution in [0.4, 0.5) is 16.2 Å². The minimum Gasteiger partial charge on any atom is -0.482 e. The Hall–Kier alpha value is -2.77. The quantitative estimate of drug-likeness (QED) is 0.809. The summed E-state index contributed by atoms with van der Waals surface area (Å²) in [5.41, 5.74) is 0.295. The summed E-state index contributed by atoms with van der Waals surface area (Å²) in [5.74, 6) is 0.105. The van der Waals surface area contributed by atoms with Gasteiger partial charge in [0, 0.05) is 18.8 Å². The van der Waals surface area contributed by atoms with Crippen molar-refractivity contribution in [3.8, 4) is 5.75 Å². The van der Waals surface area contributed by atoms with Crippen LogP contribution in [0.15, 0.2) is 18.2 Å². The van der Waals surface area contributed by atoms with Crippen molar-refractivity contribution < 1.29 is 23.9 Å². The van der Waals surface area contributed by atoms with Crippen LogP contribution in [0.5, 0.6) is 5.75 Å². The van der Waals surface area contributed by atoms with Crippen LogP contribution in [-0.2, 0) is 14.3 Å². The second-order valence-electron chi connectivity index (χ2n) is 8.87. The molecule has 0 atom stereocenters. The van der Waals surface area contributed by atoms with Crippen LogP contribution in [-0.4, -0.2) is 54.6 Å². The van der Waals surface area contributed by atoms with Crippen LogP contribution in [0.2, 0.25) is 0 Å². The largest absolute Gasteiger partial charge is 0.482 e. The maximum absolute atomic E-state index is 12.9. The highest BCUT2D eigenvalue weighted by atomic mass is 16.6. The Morgan fingerprint density at radius 1 is 1.23 bits per heavy atom. The zero-order valence-corrected chi connectivity index (χ0v) is 18.2. The second-order valence-corrected chi connectivity index (χ2v) is 8.87. The number of rotatable bonds is 4. The molecule has 1 heterocycles. The molecule has 0 spiro atoms. The molecule has 1 saturated carbocycles. The zero-order chi connectivity index (χ0) is 21.9. The fourth-order valence-electron chi connectivity index (χ4n) is 3.79. The molecule has 1 fully saturated rings. The summed E-state index contributed by atoms with van der Waals surface area (Å²) in [5, 5.41) is 2.66. The van der Waals surface area contributed by atoms with E-state index in [1.54, 1.807) is 43.9 Å². The highest BCUT2D eigenvalue weighted by molar-refractivity contribution is 6.03. The number of amides is 3. The molecule has 164 valence electrons. The summed E-state index contributed by atoms with van der Waals surface area (Å²) in [6, 6.07) is 5.20. The lowest BCUT2D eigenvalue weighted by Crippen LogP contribution is -2.48. The summed E-state index contributed by atoms with van der Waals surface area (Å²) >= 11 is 0. The Balaban J connectivity index is 1.74. The molecular formula is C22H31N3O5. The van der Waals surface area contributed by atoms with Gasteiger partial charge in [-0.15, -0.1) is 0 Å². The first-order valence-electron chi connectivity index (χ1n) is 10.5. The molecule has 0 saturated heterocycles. The number of likely N-dealkylation sites (N-methyl/N-ethyl adjacent to an activating group) is 1. The molecule has 0 unspecified atom stereocenters. The molecule has 3 amide bonds. The molecule has 8 heteroatoms. The molecule has 1 aromatic rings. The minimum absolute atomic E-state index is 0.0575. The van der Waals surface area contributed by atoms with E-state index in [9.17, 15) is 14.4 Å². The third-order valence-electron chi connectivity index (χ3n) is 5.36. The van der Waals surface area contributed by atoms with E-state index in [0.717, 1.165) is 25.7 Å². The minimum atomic E-state index is -0.625. The first-order valence-corrected chi connectivity index (χ1v) is 10.5. The maximum atomic E-state index is 12.9. The lowest BCUT2D eigenvalue weighted by atomic mass is 9.94. The number of hydrogen-bond donors (Lipinski definition) is 1. The van der Waals surface area contributed by atoms with Crippen LogP contribution >= 0.6 is 0 Å². The second kappa shape index (κ2) is 8.93. The van der Waals surface area contributed by atoms with E-state index >= 15 is 0 Å². The van der Waals surface area contributed by atoms with Crippen molar-refractivity contribution in [1.29, 1.82) is 0 Å². The predicted octanol–water partition coefficient (Wildman–Crippen LogP) is 3.55. The SMILES string of the molecule is CN(C(=O)CN1C(=O)COc2ccc(NC(=O)OC(C)(C)C)cc21)C1CCCCC1. The number of benzene rings is 1. The Morgan fingerprint density at radius 3 is 2.60 bits per heavy atom. The summed E-state index contributed by atoms with van der Waals surface area (Å²) in [7, 11) is 1.81. The van der Waals surface area contributed by atoms with Crippen LogP contribution < -0.4 is 15.0 Å². The van der Waals surface area contributed by atoms with Crippen LogP contribution in [0.1, 0.15) is 52.9 Å². The van der Waals surface area contributed by atoms with Gasteiger partial charge in [-0.1, -0.05) is 19.3 Å². The molecule has 0 bridgehead atoms. The van der Waals surface area contributed by atoms with E-state index in [0.29, 0.717) is 17.1 Å². The van der Waals surface area contributed by atoms with Gasteiger partial charge < -0.3 is 14.4 Å². The molecule has 1 aliphatic heterocycles. The van der Waals surface area contributed by atoms with Crippen molar-refractivity contribution in [2.45, 2.75) is 64.5 Å². The lowest BCUT2D eigenvalue weighted by molar-refractivity contribution is -0.133. The van der Waals surface area contributed by atoms with Crippen LogP contribution in [0.25, 0.3) is 0 Å². The van der Waals surface area contributed by atoms with Crippen molar-refractivity contribution in [3.63, 3.8) is 0 Å². The number of nitrogens with one attached hydrogen (secondary N) is 1. The molecule has 2 aliphatic rings. The van der Waals surface area contributed by atoms with Gasteiger partial charge in [-0.05, 0) is 51.8 Å². The number of hydrogen-bond acceptors (Lipinski definition) is 5. The number of anilines is 2. The van der Waals surface area contributed by atoms with Gasteiger partial charge in [0.1, 0.15) is 17.9 Å². The molecule has 8 nitrogen and oxygen atoms in total. The van der Waals surface area contributed by atoms with Crippen molar-refractivity contribution in [1.82, 2.24) is 4.90 Å². The first kappa shape index (κ1) is 21.9. The zero-order valence-electron chi connectivity index (χ0n) is 18.2. The topological polar surface area (TPSA) is 88.2 Å². The summed E-state index contributed by atoms with van der Waals surface area (Å²) in [6.07, 6.45) is 4.87. The normalized spacial score (nSPS) is 17.1. The van der Waals surface area contributed by atoms with Crippen molar-refractivity contribution in [3.05, 3.63) is 18.2 Å². The average Bonchev–Trinajstić information content (AvgIpc) is 2.68. The number of carbonyl (C=O) groups excluding carboxylic acids is 3. The number of nitrogens with zero attached hydrogens (tertiary/aromatic N) is 2. The molecule has 0 radical (unpaired) electrons. The van der Waals surface area contributed by atoms with E-state index in [-0.39, 0.29) is 31.0 Å². The van der Waals surface area contributed by atoms with E-state index < -0.39 is 11.7 Å².